The Kier molecular flexibility index (Phi) is 4.15. The molecule has 0 bridgehead atoms. The van der Waals surface area contributed by atoms with Gasteiger partial charge in [-0.1, -0.05) is 0 Å². The average Bonchev–Trinajstić information content (AvgIpc) is 2.59. The number of hydrogen-bond acceptors (Lipinski definition) is 2. The second kappa shape index (κ2) is 5.16. The van der Waals surface area contributed by atoms with Crippen LogP contribution in [0, 0.1) is 0 Å². The lowest BCUT2D eigenvalue weighted by molar-refractivity contribution is 0.0783. The third-order valence-corrected chi connectivity index (χ3v) is 2.47. The number of rotatable bonds is 4. The molecule has 0 saturated heterocycles. The summed E-state index contributed by atoms with van der Waals surface area (Å²) in [6.07, 6.45) is 2.41. The number of hydrogen-bond donors (Lipinski definition) is 0. The molecule has 84 valence electrons. The van der Waals surface area contributed by atoms with Gasteiger partial charge in [0.15, 0.2) is 0 Å². The lowest BCUT2D eigenvalue weighted by Crippen LogP contribution is -2.30. The fourth-order valence-electron chi connectivity index (χ4n) is 1.25. The van der Waals surface area contributed by atoms with Gasteiger partial charge >= 0.3 is 0 Å². The number of aryl methyl sites for hydroxylation is 1. The first-order valence-electron chi connectivity index (χ1n) is 4.90. The number of halogens is 1. The van der Waals surface area contributed by atoms with Gasteiger partial charge in [-0.3, -0.25) is 9.48 Å². The van der Waals surface area contributed by atoms with Crippen molar-refractivity contribution in [2.75, 3.05) is 13.6 Å². The predicted octanol–water partition coefficient (Wildman–Crippen LogP) is 1.51. The van der Waals surface area contributed by atoms with Crippen LogP contribution in [0.5, 0.6) is 0 Å². The van der Waals surface area contributed by atoms with Crippen LogP contribution in [-0.4, -0.2) is 39.6 Å². The molecule has 1 aromatic heterocycles. The molecule has 0 saturated carbocycles. The van der Waals surface area contributed by atoms with E-state index < -0.39 is 0 Å². The Morgan fingerprint density at radius 1 is 1.73 bits per heavy atom. The Balaban J connectivity index is 2.57. The number of aromatic nitrogens is 2. The molecule has 0 aliphatic heterocycles. The first-order chi connectivity index (χ1) is 7.02. The molecule has 0 spiro atoms. The molecular weight excluding hydrogens is 214 g/mol. The molecular formula is C10H16ClN3O. The summed E-state index contributed by atoms with van der Waals surface area (Å²) in [6.45, 7) is 2.58. The molecule has 0 aliphatic carbocycles. The predicted molar refractivity (Wildman–Crippen MR) is 60.1 cm³/mol. The van der Waals surface area contributed by atoms with Gasteiger partial charge in [0.05, 0.1) is 0 Å². The van der Waals surface area contributed by atoms with E-state index in [1.54, 1.807) is 35.9 Å². The van der Waals surface area contributed by atoms with Crippen LogP contribution in [0.2, 0.25) is 0 Å². The van der Waals surface area contributed by atoms with Gasteiger partial charge in [0.2, 0.25) is 0 Å². The standard InChI is InChI=1S/C10H16ClN3O/c1-8(11)5-7-13(2)10(15)9-4-6-12-14(9)3/h4,6,8H,5,7H2,1-3H3. The van der Waals surface area contributed by atoms with Crippen molar-refractivity contribution in [2.45, 2.75) is 18.7 Å². The number of carbonyl (C=O) groups is 1. The zero-order chi connectivity index (χ0) is 11.4. The lowest BCUT2D eigenvalue weighted by Gasteiger charge is -2.17. The molecule has 1 unspecified atom stereocenters. The minimum Gasteiger partial charge on any atom is -0.340 e. The van der Waals surface area contributed by atoms with Gasteiger partial charge in [-0.2, -0.15) is 5.10 Å². The first-order valence-corrected chi connectivity index (χ1v) is 5.33. The molecule has 1 aromatic rings. The highest BCUT2D eigenvalue weighted by Crippen LogP contribution is 2.05. The minimum absolute atomic E-state index is 0.0210. The summed E-state index contributed by atoms with van der Waals surface area (Å²) in [5.74, 6) is -0.0210. The fourth-order valence-corrected chi connectivity index (χ4v) is 1.35. The summed E-state index contributed by atoms with van der Waals surface area (Å²) in [4.78, 5) is 13.5. The van der Waals surface area contributed by atoms with Gasteiger partial charge in [0, 0.05) is 32.2 Å². The maximum atomic E-state index is 11.9. The Hall–Kier alpha value is -1.03. The maximum Gasteiger partial charge on any atom is 0.271 e. The van der Waals surface area contributed by atoms with Crippen LogP contribution >= 0.6 is 11.6 Å². The summed E-state index contributed by atoms with van der Waals surface area (Å²) >= 11 is 5.83. The van der Waals surface area contributed by atoms with Crippen LogP contribution in [-0.2, 0) is 7.05 Å². The second-order valence-corrected chi connectivity index (χ2v) is 4.38. The van der Waals surface area contributed by atoms with E-state index in [2.05, 4.69) is 5.10 Å². The smallest absolute Gasteiger partial charge is 0.271 e. The monoisotopic (exact) mass is 229 g/mol. The summed E-state index contributed by atoms with van der Waals surface area (Å²) in [5, 5.41) is 4.05. The molecule has 0 N–H and O–H groups in total. The molecule has 1 atom stereocenters. The molecule has 0 radical (unpaired) electrons. The van der Waals surface area contributed by atoms with Crippen LogP contribution < -0.4 is 0 Å². The highest BCUT2D eigenvalue weighted by Gasteiger charge is 2.14. The number of carbonyl (C=O) groups excluding carboxylic acids is 1. The quantitative estimate of drug-likeness (QED) is 0.735. The zero-order valence-corrected chi connectivity index (χ0v) is 10.0. The Labute approximate surface area is 94.8 Å². The molecule has 0 aliphatic rings. The molecule has 1 rings (SSSR count). The summed E-state index contributed by atoms with van der Waals surface area (Å²) in [5.41, 5.74) is 0.597. The Bertz CT molecular complexity index is 335. The van der Waals surface area contributed by atoms with Crippen molar-refractivity contribution in [1.82, 2.24) is 14.7 Å². The van der Waals surface area contributed by atoms with Crippen molar-refractivity contribution < 1.29 is 4.79 Å². The third kappa shape index (κ3) is 3.23. The van der Waals surface area contributed by atoms with E-state index in [0.29, 0.717) is 12.2 Å². The average molecular weight is 230 g/mol. The van der Waals surface area contributed by atoms with Gasteiger partial charge in [0.25, 0.3) is 5.91 Å². The summed E-state index contributed by atoms with van der Waals surface area (Å²) in [6, 6.07) is 1.71. The topological polar surface area (TPSA) is 38.1 Å². The van der Waals surface area contributed by atoms with Gasteiger partial charge in [-0.25, -0.2) is 0 Å². The van der Waals surface area contributed by atoms with E-state index in [9.17, 15) is 4.79 Å². The fraction of sp³-hybridized carbons (Fsp3) is 0.600. The van der Waals surface area contributed by atoms with Crippen molar-refractivity contribution in [3.63, 3.8) is 0 Å². The molecule has 0 fully saturated rings. The Morgan fingerprint density at radius 2 is 2.40 bits per heavy atom. The van der Waals surface area contributed by atoms with Crippen molar-refractivity contribution >= 4 is 17.5 Å². The molecule has 1 heterocycles. The first kappa shape index (κ1) is 12.0. The van der Waals surface area contributed by atoms with Crippen LogP contribution in [0.4, 0.5) is 0 Å². The number of alkyl halides is 1. The molecule has 15 heavy (non-hydrogen) atoms. The lowest BCUT2D eigenvalue weighted by atomic mass is 10.3. The highest BCUT2D eigenvalue weighted by atomic mass is 35.5. The van der Waals surface area contributed by atoms with Crippen LogP contribution in [0.25, 0.3) is 0 Å². The normalized spacial score (nSPS) is 12.5. The summed E-state index contributed by atoms with van der Waals surface area (Å²) < 4.78 is 1.57. The SMILES string of the molecule is CC(Cl)CCN(C)C(=O)c1ccnn1C. The molecule has 0 aromatic carbocycles. The zero-order valence-electron chi connectivity index (χ0n) is 9.27. The maximum absolute atomic E-state index is 11.9. The van der Waals surface area contributed by atoms with Crippen molar-refractivity contribution in [3.8, 4) is 0 Å². The van der Waals surface area contributed by atoms with E-state index in [0.717, 1.165) is 6.42 Å². The van der Waals surface area contributed by atoms with E-state index >= 15 is 0 Å². The van der Waals surface area contributed by atoms with Crippen LogP contribution in [0.15, 0.2) is 12.3 Å². The second-order valence-electron chi connectivity index (χ2n) is 3.64. The molecule has 5 heteroatoms. The molecule has 1 amide bonds. The van der Waals surface area contributed by atoms with Crippen molar-refractivity contribution in [3.05, 3.63) is 18.0 Å². The van der Waals surface area contributed by atoms with Crippen LogP contribution in [0.3, 0.4) is 0 Å². The van der Waals surface area contributed by atoms with Gasteiger partial charge in [-0.15, -0.1) is 11.6 Å². The van der Waals surface area contributed by atoms with Gasteiger partial charge < -0.3 is 4.90 Å². The number of nitrogens with zero attached hydrogens (tertiary/aromatic N) is 3. The summed E-state index contributed by atoms with van der Waals surface area (Å²) in [7, 11) is 3.53. The van der Waals surface area contributed by atoms with E-state index in [1.807, 2.05) is 6.92 Å². The molecule has 4 nitrogen and oxygen atoms in total. The van der Waals surface area contributed by atoms with E-state index in [1.165, 1.54) is 0 Å². The van der Waals surface area contributed by atoms with Gasteiger partial charge in [-0.05, 0) is 19.4 Å². The van der Waals surface area contributed by atoms with Crippen LogP contribution in [0.1, 0.15) is 23.8 Å². The van der Waals surface area contributed by atoms with E-state index in [4.69, 9.17) is 11.6 Å². The minimum atomic E-state index is -0.0210. The van der Waals surface area contributed by atoms with Crippen molar-refractivity contribution in [1.29, 1.82) is 0 Å². The largest absolute Gasteiger partial charge is 0.340 e. The third-order valence-electron chi connectivity index (χ3n) is 2.25. The highest BCUT2D eigenvalue weighted by molar-refractivity contribution is 6.20. The van der Waals surface area contributed by atoms with Crippen molar-refractivity contribution in [2.24, 2.45) is 7.05 Å². The van der Waals surface area contributed by atoms with Gasteiger partial charge in [0.1, 0.15) is 5.69 Å². The number of amides is 1. The van der Waals surface area contributed by atoms with E-state index in [-0.39, 0.29) is 11.3 Å². The Morgan fingerprint density at radius 3 is 2.87 bits per heavy atom.